The van der Waals surface area contributed by atoms with E-state index in [2.05, 4.69) is 118 Å². The van der Waals surface area contributed by atoms with Gasteiger partial charge >= 0.3 is 17.9 Å². The van der Waals surface area contributed by atoms with Crippen molar-refractivity contribution >= 4 is 17.9 Å². The number of hydrogen-bond donors (Lipinski definition) is 0. The lowest BCUT2D eigenvalue weighted by Crippen LogP contribution is -2.30. The SMILES string of the molecule is CC/C=C\C/C=C\C/C=C\C/C=C\CCCCCCCCCCC(=O)OC(COC(=O)CCCCCC/C=C\C/C=C\C/C=C\C/C=C\CC)COC(=O)CCCCCCCCCCCCCCCCCCCCCCCCCCCCC. The third kappa shape index (κ3) is 69.0. The summed E-state index contributed by atoms with van der Waals surface area (Å²) in [5, 5.41) is 0. The van der Waals surface area contributed by atoms with Crippen molar-refractivity contribution in [3.63, 3.8) is 0 Å². The first-order valence-electron chi connectivity index (χ1n) is 35.7. The van der Waals surface area contributed by atoms with E-state index in [4.69, 9.17) is 14.2 Å². The summed E-state index contributed by atoms with van der Waals surface area (Å²) >= 11 is 0. The van der Waals surface area contributed by atoms with Gasteiger partial charge < -0.3 is 14.2 Å². The number of carbonyl (C=O) groups excluding carboxylic acids is 3. The maximum Gasteiger partial charge on any atom is 0.306 e. The van der Waals surface area contributed by atoms with Gasteiger partial charge in [0.2, 0.25) is 0 Å². The van der Waals surface area contributed by atoms with Crippen molar-refractivity contribution in [1.82, 2.24) is 0 Å². The molecule has 0 aromatic carbocycles. The predicted molar refractivity (Wildman–Crippen MR) is 362 cm³/mol. The Morgan fingerprint density at radius 2 is 0.470 bits per heavy atom. The van der Waals surface area contributed by atoms with Crippen LogP contribution in [0.15, 0.2) is 97.2 Å². The first-order chi connectivity index (χ1) is 41.0. The summed E-state index contributed by atoms with van der Waals surface area (Å²) in [5.41, 5.74) is 0. The van der Waals surface area contributed by atoms with E-state index >= 15 is 0 Å². The fourth-order valence-electron chi connectivity index (χ4n) is 10.3. The van der Waals surface area contributed by atoms with Crippen molar-refractivity contribution < 1.29 is 28.6 Å². The second-order valence-corrected chi connectivity index (χ2v) is 23.7. The zero-order valence-corrected chi connectivity index (χ0v) is 54.9. The Morgan fingerprint density at radius 1 is 0.253 bits per heavy atom. The summed E-state index contributed by atoms with van der Waals surface area (Å²) in [6.45, 7) is 6.44. The van der Waals surface area contributed by atoms with E-state index in [-0.39, 0.29) is 31.1 Å². The highest BCUT2D eigenvalue weighted by Gasteiger charge is 2.19. The highest BCUT2D eigenvalue weighted by molar-refractivity contribution is 5.71. The van der Waals surface area contributed by atoms with Crippen molar-refractivity contribution in [2.24, 2.45) is 0 Å². The smallest absolute Gasteiger partial charge is 0.306 e. The first kappa shape index (κ1) is 79.3. The molecule has 1 unspecified atom stereocenters. The fourth-order valence-corrected chi connectivity index (χ4v) is 10.3. The molecule has 83 heavy (non-hydrogen) atoms. The van der Waals surface area contributed by atoms with Crippen molar-refractivity contribution in [3.05, 3.63) is 97.2 Å². The molecule has 0 radical (unpaired) electrons. The largest absolute Gasteiger partial charge is 0.462 e. The van der Waals surface area contributed by atoms with Crippen LogP contribution in [0.3, 0.4) is 0 Å². The van der Waals surface area contributed by atoms with Crippen LogP contribution in [0.2, 0.25) is 0 Å². The molecule has 0 fully saturated rings. The lowest BCUT2D eigenvalue weighted by molar-refractivity contribution is -0.167. The van der Waals surface area contributed by atoms with E-state index in [0.717, 1.165) is 128 Å². The molecule has 0 heterocycles. The van der Waals surface area contributed by atoms with Crippen LogP contribution < -0.4 is 0 Å². The molecule has 478 valence electrons. The number of esters is 3. The molecule has 0 aromatic heterocycles. The van der Waals surface area contributed by atoms with Gasteiger partial charge in [0.05, 0.1) is 0 Å². The Bertz CT molecular complexity index is 1610. The van der Waals surface area contributed by atoms with Crippen molar-refractivity contribution in [2.45, 2.75) is 361 Å². The minimum atomic E-state index is -0.794. The molecule has 0 N–H and O–H groups in total. The first-order valence-corrected chi connectivity index (χ1v) is 35.7. The normalized spacial score (nSPS) is 12.7. The van der Waals surface area contributed by atoms with Gasteiger partial charge in [-0.3, -0.25) is 14.4 Å². The average Bonchev–Trinajstić information content (AvgIpc) is 3.50. The van der Waals surface area contributed by atoms with Crippen molar-refractivity contribution in [2.75, 3.05) is 13.2 Å². The van der Waals surface area contributed by atoms with Gasteiger partial charge in [-0.25, -0.2) is 0 Å². The summed E-state index contributed by atoms with van der Waals surface area (Å²) in [6.07, 6.45) is 95.8. The standard InChI is InChI=1S/C77H134O6/c1-4-7-10-13-16-19-22-25-28-31-33-35-36-37-38-39-40-42-43-46-49-52-55-58-61-64-67-70-76(79)82-73-74(72-81-75(78)69-66-63-60-57-54-51-48-45-30-27-24-21-18-15-12-9-6-3)83-77(80)71-68-65-62-59-56-53-50-47-44-41-34-32-29-26-23-20-17-14-11-8-5-2/h8-9,11-12,17-18,20-21,26-27,29-30,34,41,48,51,74H,4-7,10,13-16,19,22-25,28,31-33,35-40,42-47,49-50,52-73H2,1-3H3/b11-8-,12-9-,20-17-,21-18-,29-26-,30-27-,41-34-,51-48-. The van der Waals surface area contributed by atoms with Crippen LogP contribution in [0.25, 0.3) is 0 Å². The lowest BCUT2D eigenvalue weighted by atomic mass is 10.0. The molecule has 0 bridgehead atoms. The zero-order valence-electron chi connectivity index (χ0n) is 54.9. The second-order valence-electron chi connectivity index (χ2n) is 23.7. The van der Waals surface area contributed by atoms with E-state index in [1.165, 1.54) is 186 Å². The van der Waals surface area contributed by atoms with Crippen molar-refractivity contribution in [3.8, 4) is 0 Å². The Kier molecular flexibility index (Phi) is 67.7. The molecule has 6 heteroatoms. The van der Waals surface area contributed by atoms with Crippen LogP contribution in [0.4, 0.5) is 0 Å². The summed E-state index contributed by atoms with van der Waals surface area (Å²) < 4.78 is 17.0. The van der Waals surface area contributed by atoms with Crippen LogP contribution in [0.1, 0.15) is 355 Å². The summed E-state index contributed by atoms with van der Waals surface area (Å²) in [6, 6.07) is 0. The van der Waals surface area contributed by atoms with Gasteiger partial charge in [-0.2, -0.15) is 0 Å². The Balaban J connectivity index is 4.33. The number of rotatable bonds is 65. The van der Waals surface area contributed by atoms with Crippen LogP contribution >= 0.6 is 0 Å². The molecule has 0 aliphatic carbocycles. The lowest BCUT2D eigenvalue weighted by Gasteiger charge is -2.18. The van der Waals surface area contributed by atoms with Crippen LogP contribution in [-0.2, 0) is 28.6 Å². The monoisotopic (exact) mass is 1160 g/mol. The second kappa shape index (κ2) is 70.8. The van der Waals surface area contributed by atoms with Gasteiger partial charge in [-0.1, -0.05) is 336 Å². The number of unbranched alkanes of at least 4 members (excludes halogenated alkanes) is 38. The molecule has 0 spiro atoms. The van der Waals surface area contributed by atoms with Gasteiger partial charge in [0.25, 0.3) is 0 Å². The van der Waals surface area contributed by atoms with E-state index in [1.807, 2.05) is 0 Å². The molecule has 0 rings (SSSR count). The third-order valence-electron chi connectivity index (χ3n) is 15.6. The fraction of sp³-hybridized carbons (Fsp3) is 0.753. The molecule has 0 saturated carbocycles. The quantitative estimate of drug-likeness (QED) is 0.0261. The van der Waals surface area contributed by atoms with E-state index in [0.29, 0.717) is 19.3 Å². The molecular formula is C77H134O6. The van der Waals surface area contributed by atoms with Gasteiger partial charge in [-0.15, -0.1) is 0 Å². The van der Waals surface area contributed by atoms with E-state index in [9.17, 15) is 14.4 Å². The molecule has 1 atom stereocenters. The number of allylic oxidation sites excluding steroid dienone is 16. The molecule has 0 saturated heterocycles. The Labute approximate surface area is 515 Å². The van der Waals surface area contributed by atoms with Crippen LogP contribution in [0.5, 0.6) is 0 Å². The molecule has 6 nitrogen and oxygen atoms in total. The van der Waals surface area contributed by atoms with Crippen molar-refractivity contribution in [1.29, 1.82) is 0 Å². The molecule has 0 aliphatic rings. The van der Waals surface area contributed by atoms with Gasteiger partial charge in [0.15, 0.2) is 6.10 Å². The summed E-state index contributed by atoms with van der Waals surface area (Å²) in [4.78, 5) is 38.5. The average molecular weight is 1160 g/mol. The van der Waals surface area contributed by atoms with Crippen LogP contribution in [0, 0.1) is 0 Å². The number of hydrogen-bond acceptors (Lipinski definition) is 6. The highest BCUT2D eigenvalue weighted by atomic mass is 16.6. The Morgan fingerprint density at radius 3 is 0.735 bits per heavy atom. The minimum absolute atomic E-state index is 0.0864. The Hall–Kier alpha value is -3.67. The summed E-state index contributed by atoms with van der Waals surface area (Å²) in [5.74, 6) is -0.902. The molecular weight excluding hydrogens is 1020 g/mol. The van der Waals surface area contributed by atoms with E-state index in [1.54, 1.807) is 0 Å². The minimum Gasteiger partial charge on any atom is -0.462 e. The molecule has 0 aliphatic heterocycles. The zero-order chi connectivity index (χ0) is 59.9. The highest BCUT2D eigenvalue weighted by Crippen LogP contribution is 2.18. The number of carbonyl (C=O) groups is 3. The molecule has 0 aromatic rings. The van der Waals surface area contributed by atoms with Gasteiger partial charge in [0, 0.05) is 19.3 Å². The van der Waals surface area contributed by atoms with Gasteiger partial charge in [0.1, 0.15) is 13.2 Å². The summed E-state index contributed by atoms with van der Waals surface area (Å²) in [7, 11) is 0. The predicted octanol–water partition coefficient (Wildman–Crippen LogP) is 24.8. The van der Waals surface area contributed by atoms with Gasteiger partial charge in [-0.05, 0) is 96.3 Å². The third-order valence-corrected chi connectivity index (χ3v) is 15.6. The van der Waals surface area contributed by atoms with Crippen LogP contribution in [-0.4, -0.2) is 37.2 Å². The molecule has 0 amide bonds. The maximum atomic E-state index is 13.0. The topological polar surface area (TPSA) is 78.9 Å². The van der Waals surface area contributed by atoms with E-state index < -0.39 is 6.10 Å². The maximum absolute atomic E-state index is 13.0. The number of ether oxygens (including phenoxy) is 3.